The molecule has 2 aliphatic carbocycles. The summed E-state index contributed by atoms with van der Waals surface area (Å²) in [5, 5.41) is 0. The van der Waals surface area contributed by atoms with Gasteiger partial charge in [-0.25, -0.2) is 0 Å². The van der Waals surface area contributed by atoms with E-state index < -0.39 is 0 Å². The smallest absolute Gasteiger partial charge is 0.189 e. The van der Waals surface area contributed by atoms with Gasteiger partial charge in [-0.15, -0.1) is 0 Å². The van der Waals surface area contributed by atoms with Crippen molar-refractivity contribution < 1.29 is 4.74 Å². The molecule has 2 aromatic carbocycles. The second-order valence-electron chi connectivity index (χ2n) is 10.1. The molecular formula is C30H35NO. The van der Waals surface area contributed by atoms with Crippen molar-refractivity contribution in [2.45, 2.75) is 69.4 Å². The van der Waals surface area contributed by atoms with Gasteiger partial charge in [-0.1, -0.05) is 66.7 Å². The molecule has 2 nitrogen and oxygen atoms in total. The summed E-state index contributed by atoms with van der Waals surface area (Å²) in [6.07, 6.45) is 13.6. The summed E-state index contributed by atoms with van der Waals surface area (Å²) in [5.74, 6) is 2.30. The zero-order valence-electron chi connectivity index (χ0n) is 19.1. The largest absolute Gasteiger partial charge is 0.473 e. The van der Waals surface area contributed by atoms with Crippen molar-refractivity contribution >= 4 is 6.08 Å². The molecule has 2 heterocycles. The Hall–Kier alpha value is -2.32. The average molecular weight is 426 g/mol. The lowest BCUT2D eigenvalue weighted by atomic mass is 9.63. The third-order valence-corrected chi connectivity index (χ3v) is 8.31. The SMILES string of the molecule is C(=C1CCCC2C(c3ccccc3)C3=C(CCCC3)OC12N1CCCC1)c1ccccc1. The Morgan fingerprint density at radius 2 is 1.50 bits per heavy atom. The lowest BCUT2D eigenvalue weighted by molar-refractivity contribution is -0.161. The van der Waals surface area contributed by atoms with Gasteiger partial charge in [0.15, 0.2) is 5.72 Å². The molecule has 1 saturated carbocycles. The van der Waals surface area contributed by atoms with E-state index in [0.29, 0.717) is 11.8 Å². The molecular weight excluding hydrogens is 390 g/mol. The van der Waals surface area contributed by atoms with E-state index in [1.54, 1.807) is 5.57 Å². The Morgan fingerprint density at radius 1 is 0.781 bits per heavy atom. The van der Waals surface area contributed by atoms with Crippen LogP contribution in [0.1, 0.15) is 74.8 Å². The number of ether oxygens (including phenoxy) is 1. The third kappa shape index (κ3) is 3.35. The molecule has 4 aliphatic rings. The molecule has 0 aromatic heterocycles. The zero-order chi connectivity index (χ0) is 21.4. The highest BCUT2D eigenvalue weighted by Gasteiger charge is 2.58. The molecule has 0 amide bonds. The minimum atomic E-state index is -0.277. The van der Waals surface area contributed by atoms with Gasteiger partial charge in [0.05, 0.1) is 5.76 Å². The predicted octanol–water partition coefficient (Wildman–Crippen LogP) is 7.30. The van der Waals surface area contributed by atoms with E-state index in [1.807, 2.05) is 0 Å². The molecule has 2 aromatic rings. The van der Waals surface area contributed by atoms with Crippen molar-refractivity contribution in [3.63, 3.8) is 0 Å². The first-order valence-corrected chi connectivity index (χ1v) is 12.8. The molecule has 3 unspecified atom stereocenters. The maximum absolute atomic E-state index is 7.34. The fourth-order valence-corrected chi connectivity index (χ4v) is 7.01. The summed E-state index contributed by atoms with van der Waals surface area (Å²) in [7, 11) is 0. The van der Waals surface area contributed by atoms with Crippen LogP contribution in [-0.2, 0) is 4.74 Å². The van der Waals surface area contributed by atoms with Crippen molar-refractivity contribution in [3.05, 3.63) is 88.7 Å². The first kappa shape index (κ1) is 20.3. The van der Waals surface area contributed by atoms with Crippen LogP contribution in [0.2, 0.25) is 0 Å². The van der Waals surface area contributed by atoms with Crippen LogP contribution in [0, 0.1) is 5.92 Å². The lowest BCUT2D eigenvalue weighted by Crippen LogP contribution is -2.61. The van der Waals surface area contributed by atoms with Gasteiger partial charge in [-0.3, -0.25) is 4.90 Å². The minimum Gasteiger partial charge on any atom is -0.473 e. The van der Waals surface area contributed by atoms with Crippen molar-refractivity contribution in [1.82, 2.24) is 4.90 Å². The number of benzene rings is 2. The van der Waals surface area contributed by atoms with Crippen molar-refractivity contribution in [3.8, 4) is 0 Å². The molecule has 6 rings (SSSR count). The van der Waals surface area contributed by atoms with Crippen molar-refractivity contribution in [2.24, 2.45) is 5.92 Å². The first-order valence-electron chi connectivity index (χ1n) is 12.8. The molecule has 2 fully saturated rings. The van der Waals surface area contributed by atoms with E-state index in [9.17, 15) is 0 Å². The van der Waals surface area contributed by atoms with Crippen LogP contribution in [0.3, 0.4) is 0 Å². The molecule has 2 heteroatoms. The highest BCUT2D eigenvalue weighted by atomic mass is 16.5. The molecule has 0 radical (unpaired) electrons. The Morgan fingerprint density at radius 3 is 2.28 bits per heavy atom. The number of rotatable bonds is 3. The normalized spacial score (nSPS) is 31.8. The molecule has 2 aliphatic heterocycles. The number of likely N-dealkylation sites (tertiary alicyclic amines) is 1. The molecule has 1 saturated heterocycles. The maximum Gasteiger partial charge on any atom is 0.189 e. The van der Waals surface area contributed by atoms with E-state index in [4.69, 9.17) is 4.74 Å². The van der Waals surface area contributed by atoms with Gasteiger partial charge in [0.1, 0.15) is 0 Å². The van der Waals surface area contributed by atoms with Gasteiger partial charge >= 0.3 is 0 Å². The predicted molar refractivity (Wildman–Crippen MR) is 131 cm³/mol. The molecule has 166 valence electrons. The fraction of sp³-hybridized carbons (Fsp3) is 0.467. The summed E-state index contributed by atoms with van der Waals surface area (Å²) in [6, 6.07) is 22.3. The van der Waals surface area contributed by atoms with Crippen LogP contribution in [0.4, 0.5) is 0 Å². The molecule has 32 heavy (non-hydrogen) atoms. The van der Waals surface area contributed by atoms with Crippen molar-refractivity contribution in [2.75, 3.05) is 13.1 Å². The van der Waals surface area contributed by atoms with Gasteiger partial charge in [0.25, 0.3) is 0 Å². The van der Waals surface area contributed by atoms with Crippen molar-refractivity contribution in [1.29, 1.82) is 0 Å². The molecule has 0 spiro atoms. The number of hydrogen-bond donors (Lipinski definition) is 0. The highest BCUT2D eigenvalue weighted by molar-refractivity contribution is 5.57. The van der Waals surface area contributed by atoms with E-state index in [2.05, 4.69) is 71.6 Å². The van der Waals surface area contributed by atoms with E-state index in [1.165, 1.54) is 67.4 Å². The van der Waals surface area contributed by atoms with Crippen LogP contribution in [-0.4, -0.2) is 23.7 Å². The third-order valence-electron chi connectivity index (χ3n) is 8.31. The van der Waals surface area contributed by atoms with Crippen LogP contribution in [0.5, 0.6) is 0 Å². The Balaban J connectivity index is 1.55. The molecule has 3 atom stereocenters. The Bertz CT molecular complexity index is 1000. The summed E-state index contributed by atoms with van der Waals surface area (Å²) in [4.78, 5) is 2.74. The first-order chi connectivity index (χ1) is 15.9. The van der Waals surface area contributed by atoms with Crippen LogP contribution in [0.25, 0.3) is 6.08 Å². The van der Waals surface area contributed by atoms with Gasteiger partial charge in [-0.2, -0.15) is 0 Å². The number of hydrogen-bond acceptors (Lipinski definition) is 2. The van der Waals surface area contributed by atoms with Crippen LogP contribution < -0.4 is 0 Å². The quantitative estimate of drug-likeness (QED) is 0.511. The minimum absolute atomic E-state index is 0.277. The zero-order valence-corrected chi connectivity index (χ0v) is 19.1. The number of fused-ring (bicyclic) bond motifs is 1. The van der Waals surface area contributed by atoms with E-state index in [-0.39, 0.29) is 5.72 Å². The topological polar surface area (TPSA) is 12.5 Å². The van der Waals surface area contributed by atoms with Crippen LogP contribution in [0.15, 0.2) is 77.6 Å². The van der Waals surface area contributed by atoms with Gasteiger partial charge in [0.2, 0.25) is 0 Å². The maximum atomic E-state index is 7.34. The monoisotopic (exact) mass is 425 g/mol. The lowest BCUT2D eigenvalue weighted by Gasteiger charge is -2.57. The van der Waals surface area contributed by atoms with Crippen LogP contribution >= 0.6 is 0 Å². The summed E-state index contributed by atoms with van der Waals surface area (Å²) in [6.45, 7) is 2.32. The van der Waals surface area contributed by atoms with Gasteiger partial charge in [0, 0.05) is 31.3 Å². The van der Waals surface area contributed by atoms with Gasteiger partial charge < -0.3 is 4.74 Å². The number of allylic oxidation sites excluding steroid dienone is 2. The summed E-state index contributed by atoms with van der Waals surface area (Å²) >= 11 is 0. The summed E-state index contributed by atoms with van der Waals surface area (Å²) in [5.41, 5.74) is 5.66. The average Bonchev–Trinajstić information content (AvgIpc) is 3.40. The fourth-order valence-electron chi connectivity index (χ4n) is 7.01. The second kappa shape index (κ2) is 8.56. The van der Waals surface area contributed by atoms with E-state index >= 15 is 0 Å². The highest BCUT2D eigenvalue weighted by Crippen LogP contribution is 2.58. The Kier molecular flexibility index (Phi) is 5.43. The van der Waals surface area contributed by atoms with E-state index in [0.717, 1.165) is 25.9 Å². The number of nitrogens with zero attached hydrogens (tertiary/aromatic N) is 1. The standard InChI is InChI=1S/C30H35NO/c1-3-12-23(13-4-1)22-25-16-11-18-27-29(24-14-5-2-6-15-24)26-17-7-8-19-28(26)32-30(25,27)31-20-9-10-21-31/h1-6,12-15,22,27,29H,7-11,16-21H2. The second-order valence-corrected chi connectivity index (χ2v) is 10.1. The Labute approximate surface area is 193 Å². The summed E-state index contributed by atoms with van der Waals surface area (Å²) < 4.78 is 7.34. The van der Waals surface area contributed by atoms with Gasteiger partial charge in [-0.05, 0) is 73.6 Å². The molecule has 0 bridgehead atoms. The molecule has 0 N–H and O–H groups in total.